The zero-order chi connectivity index (χ0) is 30.4. The molecule has 0 aromatic carbocycles. The van der Waals surface area contributed by atoms with Crippen LogP contribution in [-0.4, -0.2) is 189 Å². The van der Waals surface area contributed by atoms with Gasteiger partial charge in [-0.05, 0) is 14.1 Å². The van der Waals surface area contributed by atoms with Crippen LogP contribution in [0.1, 0.15) is 0 Å². The molecule has 0 heterocycles. The van der Waals surface area contributed by atoms with E-state index in [1.807, 2.05) is 14.1 Å². The van der Waals surface area contributed by atoms with E-state index in [9.17, 15) is 0 Å². The first-order valence-corrected chi connectivity index (χ1v) is 16.4. The maximum Gasteiger partial charge on any atom is 0.0701 e. The lowest BCUT2D eigenvalue weighted by Crippen LogP contribution is -2.19. The summed E-state index contributed by atoms with van der Waals surface area (Å²) in [4.78, 5) is 2.08. The molecule has 0 aliphatic heterocycles. The molecular weight excluding hydrogens is 669 g/mol. The van der Waals surface area contributed by atoms with Gasteiger partial charge >= 0.3 is 0 Å². The third-order valence-corrected chi connectivity index (χ3v) is 5.44. The Hall–Kier alpha value is 0.210. The minimum absolute atomic E-state index is 0.519. The Morgan fingerprint density at radius 1 is 0.286 bits per heavy atom. The van der Waals surface area contributed by atoms with Crippen LogP contribution in [0.2, 0.25) is 0 Å². The molecule has 0 saturated heterocycles. The minimum Gasteiger partial charge on any atom is -0.378 e. The first-order chi connectivity index (χ1) is 20.8. The summed E-state index contributed by atoms with van der Waals surface area (Å²) < 4.78 is 66.3. The van der Waals surface area contributed by atoms with Gasteiger partial charge in [-0.2, -0.15) is 0 Å². The van der Waals surface area contributed by atoms with E-state index in [2.05, 4.69) is 27.5 Å². The summed E-state index contributed by atoms with van der Waals surface area (Å²) in [6, 6.07) is 0. The van der Waals surface area contributed by atoms with Gasteiger partial charge in [-0.3, -0.25) is 0 Å². The fourth-order valence-electron chi connectivity index (χ4n) is 2.82. The zero-order valence-corrected chi connectivity index (χ0v) is 28.3. The third-order valence-electron chi connectivity index (χ3n) is 5.00. The highest BCUT2D eigenvalue weighted by Gasteiger charge is 1.97. The summed E-state index contributed by atoms with van der Waals surface area (Å²) in [5.41, 5.74) is 0. The van der Waals surface area contributed by atoms with E-state index >= 15 is 0 Å². The van der Waals surface area contributed by atoms with Gasteiger partial charge in [-0.15, -0.1) is 0 Å². The second-order valence-corrected chi connectivity index (χ2v) is 9.92. The normalized spacial score (nSPS) is 11.7. The van der Waals surface area contributed by atoms with Crippen molar-refractivity contribution in [1.29, 1.82) is 0 Å². The first kappa shape index (κ1) is 42.2. The Kier molecular flexibility index (Phi) is 39.4. The van der Waals surface area contributed by atoms with E-state index in [4.69, 9.17) is 56.8 Å². The van der Waals surface area contributed by atoms with Crippen molar-refractivity contribution in [3.63, 3.8) is 0 Å². The first-order valence-electron chi connectivity index (χ1n) is 14.9. The molecule has 0 unspecified atom stereocenters. The largest absolute Gasteiger partial charge is 0.378 e. The predicted octanol–water partition coefficient (Wildman–Crippen LogP) is 1.18. The number of alkyl halides is 1. The highest BCUT2D eigenvalue weighted by molar-refractivity contribution is 14.1. The van der Waals surface area contributed by atoms with Crippen LogP contribution in [0.4, 0.5) is 0 Å². The number of rotatable bonds is 38. The number of ether oxygens (including phenoxy) is 12. The van der Waals surface area contributed by atoms with Gasteiger partial charge < -0.3 is 61.7 Å². The summed E-state index contributed by atoms with van der Waals surface area (Å²) in [5, 5.41) is 0. The van der Waals surface area contributed by atoms with E-state index in [0.717, 1.165) is 24.2 Å². The minimum atomic E-state index is 0.519. The van der Waals surface area contributed by atoms with E-state index in [-0.39, 0.29) is 0 Å². The van der Waals surface area contributed by atoms with Crippen molar-refractivity contribution in [3.05, 3.63) is 0 Å². The number of hydrogen-bond acceptors (Lipinski definition) is 13. The highest BCUT2D eigenvalue weighted by atomic mass is 127. The topological polar surface area (TPSA) is 114 Å². The van der Waals surface area contributed by atoms with Crippen LogP contribution < -0.4 is 0 Å². The van der Waals surface area contributed by atoms with Gasteiger partial charge in [0, 0.05) is 11.0 Å². The van der Waals surface area contributed by atoms with Gasteiger partial charge in [0.05, 0.1) is 159 Å². The molecule has 0 aliphatic carbocycles. The molecule has 0 aliphatic rings. The lowest BCUT2D eigenvalue weighted by molar-refractivity contribution is -0.0283. The van der Waals surface area contributed by atoms with Crippen LogP contribution in [0.15, 0.2) is 0 Å². The third kappa shape index (κ3) is 40.2. The molecular formula is C28H58INO12. The molecule has 0 fully saturated rings. The molecule has 0 rings (SSSR count). The molecule has 14 heteroatoms. The SMILES string of the molecule is CN(C)CCOCCOCCOCCOCCOCCOCCOCCOCCOCCOCCOCCOCCI. The van der Waals surface area contributed by atoms with E-state index in [1.165, 1.54) is 0 Å². The number of hydrogen-bond donors (Lipinski definition) is 0. The lowest BCUT2D eigenvalue weighted by Gasteiger charge is -2.10. The number of nitrogens with zero attached hydrogens (tertiary/aromatic N) is 1. The van der Waals surface area contributed by atoms with E-state index in [0.29, 0.717) is 145 Å². The van der Waals surface area contributed by atoms with Crippen molar-refractivity contribution in [1.82, 2.24) is 4.90 Å². The van der Waals surface area contributed by atoms with Crippen molar-refractivity contribution in [2.24, 2.45) is 0 Å². The molecule has 0 aromatic rings. The molecule has 0 saturated carbocycles. The molecule has 42 heavy (non-hydrogen) atoms. The van der Waals surface area contributed by atoms with Crippen LogP contribution in [0, 0.1) is 0 Å². The van der Waals surface area contributed by atoms with Gasteiger partial charge in [0.15, 0.2) is 0 Å². The maximum atomic E-state index is 5.48. The van der Waals surface area contributed by atoms with E-state index < -0.39 is 0 Å². The fraction of sp³-hybridized carbons (Fsp3) is 1.00. The summed E-state index contributed by atoms with van der Waals surface area (Å²) in [5.74, 6) is 0. The van der Waals surface area contributed by atoms with Crippen molar-refractivity contribution in [2.75, 3.05) is 184 Å². The van der Waals surface area contributed by atoms with Crippen molar-refractivity contribution < 1.29 is 56.8 Å². The van der Waals surface area contributed by atoms with E-state index in [1.54, 1.807) is 0 Å². The number of likely N-dealkylation sites (N-methyl/N-ethyl adjacent to an activating group) is 1. The summed E-state index contributed by atoms with van der Waals surface area (Å²) in [6.45, 7) is 14.4. The molecule has 13 nitrogen and oxygen atoms in total. The van der Waals surface area contributed by atoms with Gasteiger partial charge in [-0.25, -0.2) is 0 Å². The summed E-state index contributed by atoms with van der Waals surface area (Å²) >= 11 is 2.28. The monoisotopic (exact) mass is 727 g/mol. The van der Waals surface area contributed by atoms with Crippen LogP contribution >= 0.6 is 22.6 Å². The molecule has 0 atom stereocenters. The molecule has 0 amide bonds. The maximum absolute atomic E-state index is 5.48. The van der Waals surface area contributed by atoms with Crippen LogP contribution in [0.5, 0.6) is 0 Å². The zero-order valence-electron chi connectivity index (χ0n) is 26.1. The highest BCUT2D eigenvalue weighted by Crippen LogP contribution is 1.88. The average molecular weight is 728 g/mol. The standard InChI is InChI=1S/C28H58INO12/c1-30(2)4-6-32-8-10-34-12-14-36-16-18-38-20-22-40-24-26-42-28-27-41-25-23-39-21-19-37-17-15-35-13-11-33-9-7-31-5-3-29/h3-28H2,1-2H3. The molecule has 0 radical (unpaired) electrons. The van der Waals surface area contributed by atoms with Gasteiger partial charge in [-0.1, -0.05) is 22.6 Å². The Morgan fingerprint density at radius 2 is 0.452 bits per heavy atom. The second kappa shape index (κ2) is 39.2. The van der Waals surface area contributed by atoms with Crippen molar-refractivity contribution in [3.8, 4) is 0 Å². The quantitative estimate of drug-likeness (QED) is 0.0516. The summed E-state index contributed by atoms with van der Waals surface area (Å²) in [7, 11) is 4.04. The van der Waals surface area contributed by atoms with Crippen LogP contribution in [0.25, 0.3) is 0 Å². The number of halogens is 1. The molecule has 254 valence electrons. The Morgan fingerprint density at radius 3 is 0.619 bits per heavy atom. The molecule has 0 spiro atoms. The second-order valence-electron chi connectivity index (χ2n) is 8.84. The fourth-order valence-corrected chi connectivity index (χ4v) is 3.13. The Labute approximate surface area is 267 Å². The van der Waals surface area contributed by atoms with Gasteiger partial charge in [0.2, 0.25) is 0 Å². The van der Waals surface area contributed by atoms with Crippen LogP contribution in [0.3, 0.4) is 0 Å². The molecule has 0 aromatic heterocycles. The molecule has 0 bridgehead atoms. The smallest absolute Gasteiger partial charge is 0.0701 e. The Bertz CT molecular complexity index is 486. The lowest BCUT2D eigenvalue weighted by atomic mass is 10.6. The molecule has 0 N–H and O–H groups in total. The Balaban J connectivity index is 3.03. The van der Waals surface area contributed by atoms with Crippen molar-refractivity contribution >= 4 is 22.6 Å². The van der Waals surface area contributed by atoms with Crippen molar-refractivity contribution in [2.45, 2.75) is 0 Å². The van der Waals surface area contributed by atoms with Gasteiger partial charge in [0.25, 0.3) is 0 Å². The predicted molar refractivity (Wildman–Crippen MR) is 167 cm³/mol. The van der Waals surface area contributed by atoms with Crippen LogP contribution in [-0.2, 0) is 56.8 Å². The average Bonchev–Trinajstić information content (AvgIpc) is 2.98. The van der Waals surface area contributed by atoms with Gasteiger partial charge in [0.1, 0.15) is 0 Å². The summed E-state index contributed by atoms with van der Waals surface area (Å²) in [6.07, 6.45) is 0.